The van der Waals surface area contributed by atoms with Gasteiger partial charge < -0.3 is 9.73 Å². The van der Waals surface area contributed by atoms with Crippen molar-refractivity contribution in [1.82, 2.24) is 10.3 Å². The molecule has 0 aliphatic rings. The molecule has 3 rings (SSSR count). The van der Waals surface area contributed by atoms with Crippen LogP contribution in [0.15, 0.2) is 52.9 Å². The summed E-state index contributed by atoms with van der Waals surface area (Å²) in [7, 11) is 0. The molecular weight excluding hydrogens is 288 g/mol. The Morgan fingerprint density at radius 2 is 2.00 bits per heavy atom. The number of carbonyl (C=O) groups is 1. The molecule has 0 fully saturated rings. The molecule has 1 N–H and O–H groups in total. The zero-order valence-electron chi connectivity index (χ0n) is 11.2. The molecule has 0 spiro atoms. The molecule has 2 aromatic carbocycles. The Labute approximate surface area is 126 Å². The van der Waals surface area contributed by atoms with Crippen LogP contribution in [0.1, 0.15) is 15.9 Å². The van der Waals surface area contributed by atoms with Gasteiger partial charge in [-0.2, -0.15) is 4.98 Å². The third-order valence-corrected chi connectivity index (χ3v) is 3.33. The molecular formula is C16H13ClN2O2. The van der Waals surface area contributed by atoms with Crippen molar-refractivity contribution >= 4 is 28.6 Å². The molecule has 0 aliphatic heterocycles. The SMILES string of the molecule is O=C(NCCc1ccccc1)c1ccc2oc(Cl)nc2c1. The Hall–Kier alpha value is -2.33. The van der Waals surface area contributed by atoms with E-state index in [1.807, 2.05) is 30.3 Å². The van der Waals surface area contributed by atoms with Gasteiger partial charge in [0.15, 0.2) is 5.58 Å². The number of nitrogens with one attached hydrogen (secondary N) is 1. The maximum absolute atomic E-state index is 12.1. The molecule has 0 saturated heterocycles. The fourth-order valence-electron chi connectivity index (χ4n) is 2.11. The molecule has 0 bridgehead atoms. The van der Waals surface area contributed by atoms with Gasteiger partial charge >= 0.3 is 0 Å². The van der Waals surface area contributed by atoms with Crippen LogP contribution in [-0.4, -0.2) is 17.4 Å². The Morgan fingerprint density at radius 1 is 1.19 bits per heavy atom. The first-order valence-electron chi connectivity index (χ1n) is 6.60. The second kappa shape index (κ2) is 5.97. The summed E-state index contributed by atoms with van der Waals surface area (Å²) >= 11 is 5.69. The molecule has 0 saturated carbocycles. The summed E-state index contributed by atoms with van der Waals surface area (Å²) in [6.07, 6.45) is 0.796. The van der Waals surface area contributed by atoms with Crippen LogP contribution in [0.3, 0.4) is 0 Å². The number of halogens is 1. The summed E-state index contributed by atoms with van der Waals surface area (Å²) in [5.41, 5.74) is 2.88. The number of oxazole rings is 1. The van der Waals surface area contributed by atoms with Crippen molar-refractivity contribution in [1.29, 1.82) is 0 Å². The van der Waals surface area contributed by atoms with Gasteiger partial charge in [-0.05, 0) is 41.8 Å². The molecule has 1 amide bonds. The molecule has 4 nitrogen and oxygen atoms in total. The summed E-state index contributed by atoms with van der Waals surface area (Å²) < 4.78 is 5.16. The van der Waals surface area contributed by atoms with E-state index >= 15 is 0 Å². The fourth-order valence-corrected chi connectivity index (χ4v) is 2.28. The molecule has 0 atom stereocenters. The van der Waals surface area contributed by atoms with E-state index in [0.29, 0.717) is 23.2 Å². The highest BCUT2D eigenvalue weighted by Gasteiger charge is 2.09. The van der Waals surface area contributed by atoms with Crippen LogP contribution in [0.5, 0.6) is 0 Å². The predicted molar refractivity (Wildman–Crippen MR) is 81.5 cm³/mol. The smallest absolute Gasteiger partial charge is 0.293 e. The molecule has 1 aromatic heterocycles. The zero-order chi connectivity index (χ0) is 14.7. The van der Waals surface area contributed by atoms with Gasteiger partial charge in [-0.3, -0.25) is 4.79 Å². The van der Waals surface area contributed by atoms with Crippen molar-refractivity contribution in [2.45, 2.75) is 6.42 Å². The number of aromatic nitrogens is 1. The monoisotopic (exact) mass is 300 g/mol. The van der Waals surface area contributed by atoms with Crippen LogP contribution in [0.2, 0.25) is 5.35 Å². The van der Waals surface area contributed by atoms with Crippen molar-refractivity contribution in [3.05, 3.63) is 65.0 Å². The summed E-state index contributed by atoms with van der Waals surface area (Å²) in [5, 5.41) is 2.96. The van der Waals surface area contributed by atoms with Crippen molar-refractivity contribution in [2.24, 2.45) is 0 Å². The van der Waals surface area contributed by atoms with Crippen LogP contribution in [0.4, 0.5) is 0 Å². The Kier molecular flexibility index (Phi) is 3.88. The van der Waals surface area contributed by atoms with Crippen molar-refractivity contribution in [2.75, 3.05) is 6.54 Å². The second-order valence-corrected chi connectivity index (χ2v) is 4.96. The summed E-state index contributed by atoms with van der Waals surface area (Å²) in [4.78, 5) is 16.1. The minimum Gasteiger partial charge on any atom is -0.428 e. The lowest BCUT2D eigenvalue weighted by atomic mass is 10.1. The first-order valence-corrected chi connectivity index (χ1v) is 6.98. The molecule has 0 unspecified atom stereocenters. The highest BCUT2D eigenvalue weighted by atomic mass is 35.5. The number of benzene rings is 2. The maximum atomic E-state index is 12.1. The minimum absolute atomic E-state index is 0.0756. The highest BCUT2D eigenvalue weighted by molar-refractivity contribution is 6.28. The van der Waals surface area contributed by atoms with Crippen LogP contribution in [0.25, 0.3) is 11.1 Å². The van der Waals surface area contributed by atoms with Crippen LogP contribution in [-0.2, 0) is 6.42 Å². The lowest BCUT2D eigenvalue weighted by Crippen LogP contribution is -2.25. The molecule has 106 valence electrons. The van der Waals surface area contributed by atoms with E-state index in [1.54, 1.807) is 18.2 Å². The number of rotatable bonds is 4. The summed E-state index contributed by atoms with van der Waals surface area (Å²) in [6.45, 7) is 0.584. The number of amides is 1. The highest BCUT2D eigenvalue weighted by Crippen LogP contribution is 2.19. The molecule has 5 heteroatoms. The van der Waals surface area contributed by atoms with E-state index < -0.39 is 0 Å². The van der Waals surface area contributed by atoms with E-state index in [9.17, 15) is 4.79 Å². The Bertz CT molecular complexity index is 768. The first kappa shape index (κ1) is 13.6. The van der Waals surface area contributed by atoms with Gasteiger partial charge in [0.2, 0.25) is 0 Å². The molecule has 3 aromatic rings. The standard InChI is InChI=1S/C16H13ClN2O2/c17-16-19-13-10-12(6-7-14(13)21-16)15(20)18-9-8-11-4-2-1-3-5-11/h1-7,10H,8-9H2,(H,18,20). The van der Waals surface area contributed by atoms with E-state index in [0.717, 1.165) is 6.42 Å². The number of hydrogen-bond acceptors (Lipinski definition) is 3. The van der Waals surface area contributed by atoms with Crippen molar-refractivity contribution < 1.29 is 9.21 Å². The molecule has 21 heavy (non-hydrogen) atoms. The predicted octanol–water partition coefficient (Wildman–Crippen LogP) is 3.45. The largest absolute Gasteiger partial charge is 0.428 e. The van der Waals surface area contributed by atoms with Crippen LogP contribution in [0, 0.1) is 0 Å². The lowest BCUT2D eigenvalue weighted by Gasteiger charge is -2.05. The van der Waals surface area contributed by atoms with Gasteiger partial charge in [-0.1, -0.05) is 30.3 Å². The molecule has 1 heterocycles. The lowest BCUT2D eigenvalue weighted by molar-refractivity contribution is 0.0954. The zero-order valence-corrected chi connectivity index (χ0v) is 11.9. The van der Waals surface area contributed by atoms with E-state index in [4.69, 9.17) is 16.0 Å². The topological polar surface area (TPSA) is 55.1 Å². The van der Waals surface area contributed by atoms with E-state index in [-0.39, 0.29) is 11.3 Å². The average molecular weight is 301 g/mol. The first-order chi connectivity index (χ1) is 10.2. The molecule has 0 aliphatic carbocycles. The van der Waals surface area contributed by atoms with E-state index in [1.165, 1.54) is 5.56 Å². The third-order valence-electron chi connectivity index (χ3n) is 3.17. The molecule has 0 radical (unpaired) electrons. The summed E-state index contributed by atoms with van der Waals surface area (Å²) in [5.74, 6) is -0.132. The number of carbonyl (C=O) groups excluding carboxylic acids is 1. The van der Waals surface area contributed by atoms with Gasteiger partial charge in [-0.15, -0.1) is 0 Å². The number of nitrogens with zero attached hydrogens (tertiary/aromatic N) is 1. The van der Waals surface area contributed by atoms with E-state index in [2.05, 4.69) is 10.3 Å². The van der Waals surface area contributed by atoms with Crippen molar-refractivity contribution in [3.63, 3.8) is 0 Å². The second-order valence-electron chi connectivity index (χ2n) is 4.64. The van der Waals surface area contributed by atoms with Crippen molar-refractivity contribution in [3.8, 4) is 0 Å². The average Bonchev–Trinajstić information content (AvgIpc) is 2.87. The Balaban J connectivity index is 1.63. The number of hydrogen-bond donors (Lipinski definition) is 1. The Morgan fingerprint density at radius 3 is 2.81 bits per heavy atom. The maximum Gasteiger partial charge on any atom is 0.293 e. The van der Waals surface area contributed by atoms with Gasteiger partial charge in [0.1, 0.15) is 5.52 Å². The van der Waals surface area contributed by atoms with Gasteiger partial charge in [0.05, 0.1) is 0 Å². The normalized spacial score (nSPS) is 10.7. The number of fused-ring (bicyclic) bond motifs is 1. The third kappa shape index (κ3) is 3.23. The quantitative estimate of drug-likeness (QED) is 0.803. The minimum atomic E-state index is -0.132. The van der Waals surface area contributed by atoms with Gasteiger partial charge in [0, 0.05) is 12.1 Å². The van der Waals surface area contributed by atoms with Gasteiger partial charge in [-0.25, -0.2) is 0 Å². The van der Waals surface area contributed by atoms with Crippen LogP contribution >= 0.6 is 11.6 Å². The fraction of sp³-hybridized carbons (Fsp3) is 0.125. The van der Waals surface area contributed by atoms with Crippen LogP contribution < -0.4 is 5.32 Å². The van der Waals surface area contributed by atoms with Gasteiger partial charge in [0.25, 0.3) is 11.3 Å². The summed E-state index contributed by atoms with van der Waals surface area (Å²) in [6, 6.07) is 15.1.